The van der Waals surface area contributed by atoms with Gasteiger partial charge in [-0.15, -0.1) is 11.3 Å². The number of piperidine rings is 3. The third-order valence-corrected chi connectivity index (χ3v) is 10.1. The van der Waals surface area contributed by atoms with E-state index in [9.17, 15) is 18.0 Å². The minimum absolute atomic E-state index is 0.00595. The number of aryl methyl sites for hydroxylation is 2. The lowest BCUT2D eigenvalue weighted by atomic mass is 9.83. The standard InChI is InChI=1S/C17H22NO3.C11H12N2O2S2/c1-13(19)21-17-12-18(9-7-15(17)8-10-18)11-16(20)14-5-3-2-4-6-14;1-8-11(16-9(2)12-8)17(14,15)13-10-6-4-3-5-7-10/h2-6,15,17H,7-12H2,1H3;3-7,13H,1-2H3/q+1;/t15?,17-,18?;/m0./s1. The fourth-order valence-corrected chi connectivity index (χ4v) is 7.82. The number of ether oxygens (including phenoxy) is 1. The van der Waals surface area contributed by atoms with Crippen LogP contribution in [0.2, 0.25) is 0 Å². The van der Waals surface area contributed by atoms with Gasteiger partial charge in [0.15, 0.2) is 10.3 Å². The number of nitrogens with one attached hydrogen (secondary N) is 1. The van der Waals surface area contributed by atoms with E-state index >= 15 is 0 Å². The van der Waals surface area contributed by atoms with E-state index in [4.69, 9.17) is 4.74 Å². The third kappa shape index (κ3) is 6.86. The molecule has 10 heteroatoms. The quantitative estimate of drug-likeness (QED) is 0.259. The average Bonchev–Trinajstić information content (AvgIpc) is 3.24. The highest BCUT2D eigenvalue weighted by atomic mass is 32.2. The molecule has 0 amide bonds. The van der Waals surface area contributed by atoms with Crippen LogP contribution in [-0.2, 0) is 19.6 Å². The number of esters is 1. The summed E-state index contributed by atoms with van der Waals surface area (Å²) in [7, 11) is -3.52. The molecule has 38 heavy (non-hydrogen) atoms. The third-order valence-electron chi connectivity index (χ3n) is 7.06. The molecule has 0 saturated carbocycles. The molecule has 1 atom stereocenters. The highest BCUT2D eigenvalue weighted by Crippen LogP contribution is 2.35. The molecule has 0 aliphatic carbocycles. The lowest BCUT2D eigenvalue weighted by Gasteiger charge is -2.51. The Labute approximate surface area is 228 Å². The number of fused-ring (bicyclic) bond motifs is 3. The monoisotopic (exact) mass is 556 g/mol. The number of quaternary nitrogens is 1. The first kappa shape index (κ1) is 27.9. The zero-order valence-corrected chi connectivity index (χ0v) is 23.6. The van der Waals surface area contributed by atoms with E-state index < -0.39 is 10.0 Å². The number of Topliss-reactive ketones (excluding diaryl/α,β-unsaturated/α-hetero) is 1. The second kappa shape index (κ2) is 11.8. The lowest BCUT2D eigenvalue weighted by molar-refractivity contribution is -0.938. The van der Waals surface area contributed by atoms with Gasteiger partial charge in [-0.2, -0.15) is 0 Å². The largest absolute Gasteiger partial charge is 0.456 e. The number of rotatable bonds is 7. The summed E-state index contributed by atoms with van der Waals surface area (Å²) in [5.74, 6) is 0.472. The van der Waals surface area contributed by atoms with Crippen LogP contribution in [0.4, 0.5) is 5.69 Å². The molecule has 3 aliphatic heterocycles. The molecule has 0 spiro atoms. The molecule has 3 fully saturated rings. The molecule has 2 bridgehead atoms. The smallest absolute Gasteiger partial charge is 0.303 e. The van der Waals surface area contributed by atoms with Crippen LogP contribution in [-0.4, -0.2) is 61.9 Å². The number of nitrogens with zero attached hydrogens (tertiary/aromatic N) is 2. The number of hydrogen-bond donors (Lipinski definition) is 1. The van der Waals surface area contributed by atoms with Gasteiger partial charge >= 0.3 is 5.97 Å². The van der Waals surface area contributed by atoms with Crippen molar-refractivity contribution in [1.82, 2.24) is 4.98 Å². The van der Waals surface area contributed by atoms with Crippen molar-refractivity contribution >= 4 is 38.8 Å². The SMILES string of the molecule is CC(=O)O[C@H]1C[N+]2(CC(=O)c3ccccc3)CCC1CC2.Cc1nc(C)c(S(=O)(=O)Nc2ccccc2)s1. The van der Waals surface area contributed by atoms with Crippen LogP contribution >= 0.6 is 11.3 Å². The zero-order valence-electron chi connectivity index (χ0n) is 21.9. The average molecular weight is 557 g/mol. The van der Waals surface area contributed by atoms with E-state index in [1.807, 2.05) is 36.4 Å². The number of thiazole rings is 1. The van der Waals surface area contributed by atoms with Crippen molar-refractivity contribution in [3.63, 3.8) is 0 Å². The summed E-state index contributed by atoms with van der Waals surface area (Å²) in [5.41, 5.74) is 1.87. The molecule has 1 aromatic heterocycles. The Morgan fingerprint density at radius 1 is 1.03 bits per heavy atom. The first-order valence-corrected chi connectivity index (χ1v) is 15.0. The number of sulfonamides is 1. The van der Waals surface area contributed by atoms with Crippen molar-refractivity contribution in [2.45, 2.75) is 43.9 Å². The van der Waals surface area contributed by atoms with Gasteiger partial charge in [0, 0.05) is 36.9 Å². The van der Waals surface area contributed by atoms with Gasteiger partial charge in [0.05, 0.1) is 23.8 Å². The predicted octanol–water partition coefficient (Wildman–Crippen LogP) is 4.60. The molecule has 0 unspecified atom stereocenters. The van der Waals surface area contributed by atoms with E-state index in [1.54, 1.807) is 38.1 Å². The van der Waals surface area contributed by atoms with E-state index in [2.05, 4.69) is 9.71 Å². The van der Waals surface area contributed by atoms with E-state index in [0.29, 0.717) is 23.8 Å². The van der Waals surface area contributed by atoms with Gasteiger partial charge in [-0.05, 0) is 26.0 Å². The van der Waals surface area contributed by atoms with Crippen LogP contribution in [0.15, 0.2) is 64.9 Å². The second-order valence-electron chi connectivity index (χ2n) is 9.98. The highest BCUT2D eigenvalue weighted by molar-refractivity contribution is 7.94. The molecular formula is C28H34N3O5S2+. The van der Waals surface area contributed by atoms with Gasteiger partial charge in [0.25, 0.3) is 10.0 Å². The van der Waals surface area contributed by atoms with Gasteiger partial charge in [-0.3, -0.25) is 14.3 Å². The fourth-order valence-electron chi connectivity index (χ4n) is 5.28. The van der Waals surface area contributed by atoms with Crippen LogP contribution in [0.25, 0.3) is 0 Å². The Hall–Kier alpha value is -3.08. The molecule has 2 aromatic carbocycles. The fraction of sp³-hybridized carbons (Fsp3) is 0.393. The Bertz CT molecular complexity index is 1370. The minimum Gasteiger partial charge on any atom is -0.456 e. The van der Waals surface area contributed by atoms with Crippen molar-refractivity contribution in [3.05, 3.63) is 76.9 Å². The number of carbonyl (C=O) groups excluding carboxylic acids is 2. The Morgan fingerprint density at radius 2 is 1.63 bits per heavy atom. The van der Waals surface area contributed by atoms with Gasteiger partial charge in [0.1, 0.15) is 13.1 Å². The number of hydrogen-bond acceptors (Lipinski definition) is 7. The number of anilines is 1. The summed E-state index contributed by atoms with van der Waals surface area (Å²) in [4.78, 5) is 27.9. The van der Waals surface area contributed by atoms with Crippen molar-refractivity contribution in [3.8, 4) is 0 Å². The van der Waals surface area contributed by atoms with Gasteiger partial charge in [-0.1, -0.05) is 48.5 Å². The maximum absolute atomic E-state index is 12.5. The maximum atomic E-state index is 12.5. The normalized spacial score (nSPS) is 22.2. The summed E-state index contributed by atoms with van der Waals surface area (Å²) in [6, 6.07) is 18.3. The van der Waals surface area contributed by atoms with Crippen LogP contribution in [0.3, 0.4) is 0 Å². The molecule has 3 aromatic rings. The second-order valence-corrected chi connectivity index (χ2v) is 13.1. The van der Waals surface area contributed by atoms with E-state index in [1.165, 1.54) is 18.3 Å². The zero-order chi connectivity index (χ0) is 27.3. The van der Waals surface area contributed by atoms with Crippen LogP contribution in [0, 0.1) is 19.8 Å². The number of benzene rings is 2. The first-order valence-electron chi connectivity index (χ1n) is 12.7. The summed E-state index contributed by atoms with van der Waals surface area (Å²) in [6.07, 6.45) is 2.11. The molecule has 202 valence electrons. The minimum atomic E-state index is -3.52. The van der Waals surface area contributed by atoms with E-state index in [0.717, 1.165) is 47.5 Å². The van der Waals surface area contributed by atoms with Crippen molar-refractivity contribution in [1.29, 1.82) is 0 Å². The molecule has 8 nitrogen and oxygen atoms in total. The van der Waals surface area contributed by atoms with Crippen LogP contribution in [0.1, 0.15) is 40.8 Å². The summed E-state index contributed by atoms with van der Waals surface area (Å²) >= 11 is 1.18. The number of carbonyl (C=O) groups is 2. The summed E-state index contributed by atoms with van der Waals surface area (Å²) in [5, 5.41) is 0.746. The lowest BCUT2D eigenvalue weighted by Crippen LogP contribution is -2.65. The number of para-hydroxylation sites is 1. The summed E-state index contributed by atoms with van der Waals surface area (Å²) in [6.45, 7) is 8.33. The Kier molecular flexibility index (Phi) is 8.64. The molecule has 3 saturated heterocycles. The number of aromatic nitrogens is 1. The highest BCUT2D eigenvalue weighted by Gasteiger charge is 2.48. The molecule has 1 N–H and O–H groups in total. The predicted molar refractivity (Wildman–Crippen MR) is 148 cm³/mol. The van der Waals surface area contributed by atoms with Crippen molar-refractivity contribution < 1.29 is 27.2 Å². The molecular weight excluding hydrogens is 522 g/mol. The molecule has 3 aliphatic rings. The number of ketones is 1. The first-order chi connectivity index (χ1) is 18.1. The Morgan fingerprint density at radius 3 is 2.18 bits per heavy atom. The summed E-state index contributed by atoms with van der Waals surface area (Å²) < 4.78 is 33.2. The molecule has 0 radical (unpaired) electrons. The maximum Gasteiger partial charge on any atom is 0.303 e. The van der Waals surface area contributed by atoms with Gasteiger partial charge < -0.3 is 9.22 Å². The van der Waals surface area contributed by atoms with Gasteiger partial charge in [-0.25, -0.2) is 13.4 Å². The van der Waals surface area contributed by atoms with Crippen LogP contribution in [0.5, 0.6) is 0 Å². The van der Waals surface area contributed by atoms with E-state index in [-0.39, 0.29) is 22.1 Å². The van der Waals surface area contributed by atoms with Crippen molar-refractivity contribution in [2.24, 2.45) is 5.92 Å². The molecule has 4 heterocycles. The van der Waals surface area contributed by atoms with Gasteiger partial charge in [0.2, 0.25) is 5.78 Å². The molecule has 6 rings (SSSR count). The topological polar surface area (TPSA) is 102 Å². The van der Waals surface area contributed by atoms with Crippen LogP contribution < -0.4 is 4.72 Å². The van der Waals surface area contributed by atoms with Crippen molar-refractivity contribution in [2.75, 3.05) is 30.9 Å². The Balaban J connectivity index is 0.000000181.